The van der Waals surface area contributed by atoms with Crippen LogP contribution >= 0.6 is 0 Å². The Morgan fingerprint density at radius 2 is 1.74 bits per heavy atom. The van der Waals surface area contributed by atoms with Crippen molar-refractivity contribution in [2.45, 2.75) is 0 Å². The summed E-state index contributed by atoms with van der Waals surface area (Å²) in [5, 5.41) is 14.4. The van der Waals surface area contributed by atoms with Gasteiger partial charge >= 0.3 is 0 Å². The van der Waals surface area contributed by atoms with E-state index in [9.17, 15) is 14.7 Å². The highest BCUT2D eigenvalue weighted by Crippen LogP contribution is 2.29. The molecule has 0 heterocycles. The van der Waals surface area contributed by atoms with E-state index in [4.69, 9.17) is 5.73 Å². The van der Waals surface area contributed by atoms with Crippen LogP contribution in [0.4, 0.5) is 5.69 Å². The first kappa shape index (κ1) is 14.6. The van der Waals surface area contributed by atoms with Crippen molar-refractivity contribution in [3.8, 4) is 5.75 Å². The van der Waals surface area contributed by atoms with Gasteiger partial charge in [0.25, 0.3) is 5.91 Å². The van der Waals surface area contributed by atoms with Crippen LogP contribution in [0.1, 0.15) is 20.7 Å². The maximum atomic E-state index is 12.4. The van der Waals surface area contributed by atoms with E-state index in [0.29, 0.717) is 16.6 Å². The summed E-state index contributed by atoms with van der Waals surface area (Å²) in [5.41, 5.74) is 6.11. The van der Waals surface area contributed by atoms with Crippen molar-refractivity contribution in [3.63, 3.8) is 0 Å². The van der Waals surface area contributed by atoms with Gasteiger partial charge in [0, 0.05) is 16.6 Å². The van der Waals surface area contributed by atoms with Gasteiger partial charge in [-0.25, -0.2) is 0 Å². The molecule has 0 atom stereocenters. The average molecular weight is 306 g/mol. The second-order valence-electron chi connectivity index (χ2n) is 5.08. The first-order valence-electron chi connectivity index (χ1n) is 6.98. The molecule has 0 unspecified atom stereocenters. The third-order valence-corrected chi connectivity index (χ3v) is 3.55. The van der Waals surface area contributed by atoms with Crippen LogP contribution in [0.5, 0.6) is 5.75 Å². The predicted octanol–water partition coefficient (Wildman–Crippen LogP) is 2.90. The number of carbonyl (C=O) groups is 2. The van der Waals surface area contributed by atoms with Crippen molar-refractivity contribution in [2.24, 2.45) is 5.73 Å². The van der Waals surface area contributed by atoms with Crippen molar-refractivity contribution < 1.29 is 14.7 Å². The monoisotopic (exact) mass is 306 g/mol. The Hall–Kier alpha value is -3.34. The molecule has 0 saturated heterocycles. The second-order valence-corrected chi connectivity index (χ2v) is 5.08. The standard InChI is InChI=1S/C18H14N2O3/c19-17(22)12-5-3-6-13(10-12)20-18(23)15-9-8-11-4-1-2-7-14(11)16(15)21/h1-10,21H,(H2,19,22)(H,20,23). The fraction of sp³-hybridized carbons (Fsp3) is 0. The number of benzene rings is 3. The van der Waals surface area contributed by atoms with Crippen LogP contribution in [0.25, 0.3) is 10.8 Å². The fourth-order valence-corrected chi connectivity index (χ4v) is 2.39. The number of phenolic OH excluding ortho intramolecular Hbond substituents is 1. The summed E-state index contributed by atoms with van der Waals surface area (Å²) in [6.07, 6.45) is 0. The summed E-state index contributed by atoms with van der Waals surface area (Å²) < 4.78 is 0. The minimum atomic E-state index is -0.574. The summed E-state index contributed by atoms with van der Waals surface area (Å²) in [6.45, 7) is 0. The molecular weight excluding hydrogens is 292 g/mol. The van der Waals surface area contributed by atoms with Crippen LogP contribution in [-0.4, -0.2) is 16.9 Å². The molecule has 3 rings (SSSR count). The third-order valence-electron chi connectivity index (χ3n) is 3.55. The fourth-order valence-electron chi connectivity index (χ4n) is 2.39. The van der Waals surface area contributed by atoms with E-state index in [-0.39, 0.29) is 11.3 Å². The Kier molecular flexibility index (Phi) is 3.68. The Morgan fingerprint density at radius 3 is 2.52 bits per heavy atom. The average Bonchev–Trinajstić information content (AvgIpc) is 2.55. The molecule has 3 aromatic rings. The molecule has 0 aliphatic rings. The van der Waals surface area contributed by atoms with Crippen molar-refractivity contribution in [1.82, 2.24) is 0 Å². The molecular formula is C18H14N2O3. The van der Waals surface area contributed by atoms with Gasteiger partial charge in [-0.2, -0.15) is 0 Å². The number of phenols is 1. The number of rotatable bonds is 3. The van der Waals surface area contributed by atoms with E-state index in [1.807, 2.05) is 12.1 Å². The van der Waals surface area contributed by atoms with E-state index in [2.05, 4.69) is 5.32 Å². The van der Waals surface area contributed by atoms with Gasteiger partial charge in [-0.05, 0) is 29.7 Å². The zero-order chi connectivity index (χ0) is 16.4. The zero-order valence-electron chi connectivity index (χ0n) is 12.1. The van der Waals surface area contributed by atoms with E-state index in [1.165, 1.54) is 6.07 Å². The van der Waals surface area contributed by atoms with Crippen molar-refractivity contribution >= 4 is 28.3 Å². The minimum Gasteiger partial charge on any atom is -0.506 e. The van der Waals surface area contributed by atoms with Gasteiger partial charge in [-0.1, -0.05) is 36.4 Å². The lowest BCUT2D eigenvalue weighted by molar-refractivity contribution is 0.0995. The summed E-state index contributed by atoms with van der Waals surface area (Å²) in [5.74, 6) is -1.11. The Balaban J connectivity index is 1.93. The summed E-state index contributed by atoms with van der Waals surface area (Å²) >= 11 is 0. The summed E-state index contributed by atoms with van der Waals surface area (Å²) in [6, 6.07) is 16.9. The number of anilines is 1. The molecule has 0 spiro atoms. The van der Waals surface area contributed by atoms with Gasteiger partial charge in [-0.3, -0.25) is 9.59 Å². The third kappa shape index (κ3) is 2.85. The van der Waals surface area contributed by atoms with E-state index < -0.39 is 11.8 Å². The first-order chi connectivity index (χ1) is 11.1. The van der Waals surface area contributed by atoms with Crippen LogP contribution in [0.2, 0.25) is 0 Å². The molecule has 4 N–H and O–H groups in total. The molecule has 5 heteroatoms. The minimum absolute atomic E-state index is 0.0772. The lowest BCUT2D eigenvalue weighted by Crippen LogP contribution is -2.14. The highest BCUT2D eigenvalue weighted by atomic mass is 16.3. The SMILES string of the molecule is NC(=O)c1cccc(NC(=O)c2ccc3ccccc3c2O)c1. The normalized spacial score (nSPS) is 10.4. The van der Waals surface area contributed by atoms with Crippen LogP contribution in [0.15, 0.2) is 60.7 Å². The number of aromatic hydroxyl groups is 1. The topological polar surface area (TPSA) is 92.4 Å². The number of fused-ring (bicyclic) bond motifs is 1. The van der Waals surface area contributed by atoms with Crippen molar-refractivity contribution in [2.75, 3.05) is 5.32 Å². The number of primary amides is 1. The summed E-state index contributed by atoms with van der Waals surface area (Å²) in [4.78, 5) is 23.6. The molecule has 23 heavy (non-hydrogen) atoms. The van der Waals surface area contributed by atoms with Gasteiger partial charge in [-0.15, -0.1) is 0 Å². The van der Waals surface area contributed by atoms with Crippen LogP contribution in [0.3, 0.4) is 0 Å². The van der Waals surface area contributed by atoms with Crippen LogP contribution < -0.4 is 11.1 Å². The molecule has 0 saturated carbocycles. The van der Waals surface area contributed by atoms with E-state index in [1.54, 1.807) is 42.5 Å². The molecule has 114 valence electrons. The van der Waals surface area contributed by atoms with Gasteiger partial charge in [0.2, 0.25) is 5.91 Å². The molecule has 0 aromatic heterocycles. The summed E-state index contributed by atoms with van der Waals surface area (Å²) in [7, 11) is 0. The second kappa shape index (κ2) is 5.81. The lowest BCUT2D eigenvalue weighted by atomic mass is 10.0. The highest BCUT2D eigenvalue weighted by molar-refractivity contribution is 6.10. The number of nitrogens with two attached hydrogens (primary N) is 1. The highest BCUT2D eigenvalue weighted by Gasteiger charge is 2.14. The predicted molar refractivity (Wildman–Crippen MR) is 88.5 cm³/mol. The van der Waals surface area contributed by atoms with Crippen molar-refractivity contribution in [1.29, 1.82) is 0 Å². The number of carbonyl (C=O) groups excluding carboxylic acids is 2. The van der Waals surface area contributed by atoms with Gasteiger partial charge in [0.1, 0.15) is 5.75 Å². The molecule has 0 aliphatic heterocycles. The Bertz CT molecular complexity index is 919. The number of hydrogen-bond acceptors (Lipinski definition) is 3. The molecule has 0 bridgehead atoms. The molecule has 0 radical (unpaired) electrons. The Morgan fingerprint density at radius 1 is 0.957 bits per heavy atom. The quantitative estimate of drug-likeness (QED) is 0.694. The van der Waals surface area contributed by atoms with Gasteiger partial charge in [0.05, 0.1) is 5.56 Å². The van der Waals surface area contributed by atoms with Crippen LogP contribution in [-0.2, 0) is 0 Å². The van der Waals surface area contributed by atoms with Gasteiger partial charge < -0.3 is 16.2 Å². The molecule has 0 fully saturated rings. The number of hydrogen-bond donors (Lipinski definition) is 3. The molecule has 0 aliphatic carbocycles. The van der Waals surface area contributed by atoms with E-state index >= 15 is 0 Å². The van der Waals surface area contributed by atoms with E-state index in [0.717, 1.165) is 5.39 Å². The van der Waals surface area contributed by atoms with Crippen molar-refractivity contribution in [3.05, 3.63) is 71.8 Å². The maximum Gasteiger partial charge on any atom is 0.259 e. The van der Waals surface area contributed by atoms with Gasteiger partial charge in [0.15, 0.2) is 0 Å². The maximum absolute atomic E-state index is 12.4. The zero-order valence-corrected chi connectivity index (χ0v) is 12.1. The molecule has 2 amide bonds. The van der Waals surface area contributed by atoms with Crippen LogP contribution in [0, 0.1) is 0 Å². The smallest absolute Gasteiger partial charge is 0.259 e. The molecule has 3 aromatic carbocycles. The number of nitrogens with one attached hydrogen (secondary N) is 1. The lowest BCUT2D eigenvalue weighted by Gasteiger charge is -2.09. The Labute approximate surface area is 132 Å². The number of amides is 2. The molecule has 5 nitrogen and oxygen atoms in total. The largest absolute Gasteiger partial charge is 0.506 e. The first-order valence-corrected chi connectivity index (χ1v) is 6.98.